The first-order valence-corrected chi connectivity index (χ1v) is 9.28. The number of aliphatic imine (C=N–C) groups is 1. The number of hydrogen-bond acceptors (Lipinski definition) is 4. The second-order valence-corrected chi connectivity index (χ2v) is 7.18. The van der Waals surface area contributed by atoms with Gasteiger partial charge >= 0.3 is 0 Å². The molecule has 0 bridgehead atoms. The molecule has 2 aromatic rings. The Morgan fingerprint density at radius 1 is 1.27 bits per heavy atom. The lowest BCUT2D eigenvalue weighted by atomic mass is 9.99. The third-order valence-corrected chi connectivity index (χ3v) is 5.36. The average Bonchev–Trinajstić information content (AvgIpc) is 2.95. The molecule has 2 aliphatic rings. The molecule has 1 amide bonds. The summed E-state index contributed by atoms with van der Waals surface area (Å²) in [6.45, 7) is 2.38. The van der Waals surface area contributed by atoms with Crippen LogP contribution in [-0.4, -0.2) is 22.5 Å². The maximum atomic E-state index is 12.9. The van der Waals surface area contributed by atoms with E-state index in [1.54, 1.807) is 23.9 Å². The summed E-state index contributed by atoms with van der Waals surface area (Å²) in [6, 6.07) is 12.2. The molecule has 1 atom stereocenters. The normalized spacial score (nSPS) is 20.4. The lowest BCUT2D eigenvalue weighted by Gasteiger charge is -2.15. The van der Waals surface area contributed by atoms with E-state index in [-0.39, 0.29) is 17.6 Å². The van der Waals surface area contributed by atoms with Gasteiger partial charge in [0.2, 0.25) is 5.91 Å². The first-order valence-electron chi connectivity index (χ1n) is 8.29. The molecule has 0 saturated carbocycles. The van der Waals surface area contributed by atoms with Gasteiger partial charge in [-0.15, -0.1) is 0 Å². The minimum absolute atomic E-state index is 0.0328. The van der Waals surface area contributed by atoms with Crippen molar-refractivity contribution in [2.24, 2.45) is 10.1 Å². The number of thioether (sulfide) groups is 1. The molecule has 0 aromatic heterocycles. The molecule has 2 aromatic carbocycles. The second-order valence-electron chi connectivity index (χ2n) is 6.22. The van der Waals surface area contributed by atoms with Crippen molar-refractivity contribution in [3.63, 3.8) is 0 Å². The topological polar surface area (TPSA) is 65.8 Å². The number of fused-ring (bicyclic) bond motifs is 1. The zero-order valence-corrected chi connectivity index (χ0v) is 14.9. The van der Waals surface area contributed by atoms with Gasteiger partial charge in [-0.25, -0.2) is 4.39 Å². The number of nitrogens with one attached hydrogen (secondary N) is 2. The largest absolute Gasteiger partial charge is 0.325 e. The lowest BCUT2D eigenvalue weighted by Crippen LogP contribution is -2.25. The van der Waals surface area contributed by atoms with E-state index in [1.807, 2.05) is 25.1 Å². The number of amidine groups is 1. The van der Waals surface area contributed by atoms with Gasteiger partial charge in [0.25, 0.3) is 0 Å². The molecule has 7 heteroatoms. The molecule has 0 radical (unpaired) electrons. The van der Waals surface area contributed by atoms with Gasteiger partial charge < -0.3 is 5.32 Å². The Labute approximate surface area is 154 Å². The van der Waals surface area contributed by atoms with E-state index in [9.17, 15) is 9.18 Å². The van der Waals surface area contributed by atoms with Crippen molar-refractivity contribution >= 4 is 34.2 Å². The summed E-state index contributed by atoms with van der Waals surface area (Å²) in [5.41, 5.74) is 7.74. The molecule has 2 aliphatic heterocycles. The number of hydrazone groups is 1. The molecule has 1 unspecified atom stereocenters. The quantitative estimate of drug-likeness (QED) is 0.872. The smallest absolute Gasteiger partial charge is 0.231 e. The van der Waals surface area contributed by atoms with E-state index in [1.165, 1.54) is 12.1 Å². The van der Waals surface area contributed by atoms with Gasteiger partial charge in [-0.3, -0.25) is 15.2 Å². The fraction of sp³-hybridized carbons (Fsp3) is 0.211. The average molecular weight is 368 g/mol. The van der Waals surface area contributed by atoms with Crippen LogP contribution in [0.15, 0.2) is 52.6 Å². The number of anilines is 1. The van der Waals surface area contributed by atoms with Crippen molar-refractivity contribution in [3.05, 3.63) is 65.0 Å². The molecule has 0 fully saturated rings. The van der Waals surface area contributed by atoms with E-state index in [2.05, 4.69) is 20.8 Å². The Balaban J connectivity index is 1.46. The zero-order chi connectivity index (χ0) is 18.1. The van der Waals surface area contributed by atoms with Crippen LogP contribution < -0.4 is 10.7 Å². The van der Waals surface area contributed by atoms with Crippen LogP contribution in [0.3, 0.4) is 0 Å². The predicted octanol–water partition coefficient (Wildman–Crippen LogP) is 3.48. The lowest BCUT2D eigenvalue weighted by molar-refractivity contribution is -0.116. The SMILES string of the molecule is CC1C(=O)Nc2ccc(C3=NNC(=NCc4ccc(F)cc4)SC3)cc21. The molecule has 0 saturated heterocycles. The van der Waals surface area contributed by atoms with Gasteiger partial charge in [0, 0.05) is 11.4 Å². The van der Waals surface area contributed by atoms with Gasteiger partial charge in [0.1, 0.15) is 5.82 Å². The predicted molar refractivity (Wildman–Crippen MR) is 103 cm³/mol. The number of rotatable bonds is 3. The Morgan fingerprint density at radius 2 is 2.08 bits per heavy atom. The number of carbonyl (C=O) groups is 1. The summed E-state index contributed by atoms with van der Waals surface area (Å²) in [4.78, 5) is 16.3. The van der Waals surface area contributed by atoms with Crippen LogP contribution in [-0.2, 0) is 11.3 Å². The maximum absolute atomic E-state index is 12.9. The van der Waals surface area contributed by atoms with Crippen LogP contribution in [0.1, 0.15) is 29.5 Å². The Morgan fingerprint density at radius 3 is 2.81 bits per heavy atom. The summed E-state index contributed by atoms with van der Waals surface area (Å²) in [7, 11) is 0. The van der Waals surface area contributed by atoms with Crippen molar-refractivity contribution < 1.29 is 9.18 Å². The Bertz CT molecular complexity index is 924. The van der Waals surface area contributed by atoms with E-state index in [4.69, 9.17) is 0 Å². The molecule has 132 valence electrons. The molecular formula is C19H17FN4OS. The van der Waals surface area contributed by atoms with Crippen LogP contribution in [0.25, 0.3) is 0 Å². The second kappa shape index (κ2) is 6.92. The number of benzene rings is 2. The summed E-state index contributed by atoms with van der Waals surface area (Å²) >= 11 is 1.57. The monoisotopic (exact) mass is 368 g/mol. The Kier molecular flexibility index (Phi) is 4.46. The molecular weight excluding hydrogens is 351 g/mol. The highest BCUT2D eigenvalue weighted by Gasteiger charge is 2.27. The van der Waals surface area contributed by atoms with Crippen molar-refractivity contribution in [1.29, 1.82) is 0 Å². The highest BCUT2D eigenvalue weighted by Crippen LogP contribution is 2.33. The van der Waals surface area contributed by atoms with Crippen molar-refractivity contribution in [1.82, 2.24) is 5.43 Å². The fourth-order valence-electron chi connectivity index (χ4n) is 2.89. The van der Waals surface area contributed by atoms with Crippen molar-refractivity contribution in [3.8, 4) is 0 Å². The molecule has 0 spiro atoms. The number of halogens is 1. The van der Waals surface area contributed by atoms with Gasteiger partial charge in [0.05, 0.1) is 18.2 Å². The Hall–Kier alpha value is -2.67. The minimum atomic E-state index is -0.249. The van der Waals surface area contributed by atoms with Crippen molar-refractivity contribution in [2.45, 2.75) is 19.4 Å². The first-order chi connectivity index (χ1) is 12.6. The molecule has 26 heavy (non-hydrogen) atoms. The third-order valence-electron chi connectivity index (χ3n) is 4.45. The van der Waals surface area contributed by atoms with Gasteiger partial charge in [-0.05, 0) is 47.9 Å². The fourth-order valence-corrected chi connectivity index (χ4v) is 3.67. The highest BCUT2D eigenvalue weighted by molar-refractivity contribution is 8.14. The van der Waals surface area contributed by atoms with Crippen LogP contribution in [0, 0.1) is 5.82 Å². The molecule has 2 N–H and O–H groups in total. The van der Waals surface area contributed by atoms with Crippen LogP contribution in [0.2, 0.25) is 0 Å². The van der Waals surface area contributed by atoms with Gasteiger partial charge in [0.15, 0.2) is 5.17 Å². The van der Waals surface area contributed by atoms with E-state index < -0.39 is 0 Å². The van der Waals surface area contributed by atoms with Gasteiger partial charge in [-0.1, -0.05) is 30.0 Å². The summed E-state index contributed by atoms with van der Waals surface area (Å²) in [6.07, 6.45) is 0. The molecule has 5 nitrogen and oxygen atoms in total. The zero-order valence-electron chi connectivity index (χ0n) is 14.1. The van der Waals surface area contributed by atoms with Crippen molar-refractivity contribution in [2.75, 3.05) is 11.1 Å². The highest BCUT2D eigenvalue weighted by atomic mass is 32.2. The van der Waals surface area contributed by atoms with Crippen LogP contribution >= 0.6 is 11.8 Å². The molecule has 0 aliphatic carbocycles. The van der Waals surface area contributed by atoms with Crippen LogP contribution in [0.5, 0.6) is 0 Å². The maximum Gasteiger partial charge on any atom is 0.231 e. The molecule has 2 heterocycles. The van der Waals surface area contributed by atoms with E-state index in [0.29, 0.717) is 12.3 Å². The number of carbonyl (C=O) groups excluding carboxylic acids is 1. The van der Waals surface area contributed by atoms with E-state index >= 15 is 0 Å². The number of amides is 1. The number of nitrogens with zero attached hydrogens (tertiary/aromatic N) is 2. The molecule has 4 rings (SSSR count). The van der Waals surface area contributed by atoms with E-state index in [0.717, 1.165) is 33.3 Å². The minimum Gasteiger partial charge on any atom is -0.325 e. The van der Waals surface area contributed by atoms with Crippen LogP contribution in [0.4, 0.5) is 10.1 Å². The summed E-state index contributed by atoms with van der Waals surface area (Å²) in [5.74, 6) is 0.346. The number of hydrogen-bond donors (Lipinski definition) is 2. The summed E-state index contributed by atoms with van der Waals surface area (Å²) < 4.78 is 12.9. The summed E-state index contributed by atoms with van der Waals surface area (Å²) in [5, 5.41) is 8.04. The third kappa shape index (κ3) is 3.35. The van der Waals surface area contributed by atoms with Gasteiger partial charge in [-0.2, -0.15) is 5.10 Å². The first kappa shape index (κ1) is 16.8. The standard InChI is InChI=1S/C19H17FN4OS/c1-11-15-8-13(4-7-16(15)22-18(11)25)17-10-26-19(24-23-17)21-9-12-2-5-14(20)6-3-12/h2-8,11H,9-10H2,1H3,(H,21,24)(H,22,25).